The van der Waals surface area contributed by atoms with E-state index in [4.69, 9.17) is 0 Å². The highest BCUT2D eigenvalue weighted by Crippen LogP contribution is 2.25. The Morgan fingerprint density at radius 2 is 2.17 bits per heavy atom. The van der Waals surface area contributed by atoms with Gasteiger partial charge < -0.3 is 4.90 Å². The molecule has 1 aliphatic rings. The molecule has 1 aromatic carbocycles. The number of halogens is 1. The van der Waals surface area contributed by atoms with Gasteiger partial charge in [-0.15, -0.1) is 0 Å². The first kappa shape index (κ1) is 13.0. The molecule has 0 aliphatic carbocycles. The third kappa shape index (κ3) is 2.53. The van der Waals surface area contributed by atoms with Crippen molar-refractivity contribution in [2.75, 3.05) is 23.5 Å². The number of hydrogen-bond acceptors (Lipinski definition) is 4. The van der Waals surface area contributed by atoms with Crippen LogP contribution in [0.5, 0.6) is 0 Å². The molecule has 0 amide bonds. The number of aldehydes is 1. The van der Waals surface area contributed by atoms with E-state index in [1.807, 2.05) is 0 Å². The van der Waals surface area contributed by atoms with Crippen molar-refractivity contribution >= 4 is 21.8 Å². The van der Waals surface area contributed by atoms with Crippen LogP contribution >= 0.6 is 0 Å². The van der Waals surface area contributed by atoms with Gasteiger partial charge in [0.2, 0.25) is 0 Å². The standard InChI is InChI=1S/C12H14FNO3S/c1-14(11-4-5-18(16,17)8-11)12-3-2-10(13)6-9(12)7-15/h2-3,6-7,11H,4-5,8H2,1H3. The van der Waals surface area contributed by atoms with E-state index in [2.05, 4.69) is 0 Å². The highest BCUT2D eigenvalue weighted by Gasteiger charge is 2.31. The first-order valence-corrected chi connectivity index (χ1v) is 7.43. The van der Waals surface area contributed by atoms with Crippen LogP contribution in [0.15, 0.2) is 18.2 Å². The number of hydrogen-bond donors (Lipinski definition) is 0. The maximum atomic E-state index is 13.0. The number of carbonyl (C=O) groups excluding carboxylic acids is 1. The molecule has 0 aromatic heterocycles. The molecular weight excluding hydrogens is 257 g/mol. The van der Waals surface area contributed by atoms with Crippen LogP contribution in [-0.4, -0.2) is 39.3 Å². The Morgan fingerprint density at radius 3 is 2.72 bits per heavy atom. The lowest BCUT2D eigenvalue weighted by molar-refractivity contribution is 0.112. The molecule has 0 saturated carbocycles. The van der Waals surface area contributed by atoms with Gasteiger partial charge in [0.15, 0.2) is 16.1 Å². The van der Waals surface area contributed by atoms with E-state index in [1.165, 1.54) is 12.1 Å². The van der Waals surface area contributed by atoms with Gasteiger partial charge in [-0.3, -0.25) is 4.79 Å². The van der Waals surface area contributed by atoms with Gasteiger partial charge in [-0.25, -0.2) is 12.8 Å². The number of sulfone groups is 1. The summed E-state index contributed by atoms with van der Waals surface area (Å²) in [6, 6.07) is 3.77. The van der Waals surface area contributed by atoms with Crippen molar-refractivity contribution in [2.45, 2.75) is 12.5 Å². The summed E-state index contributed by atoms with van der Waals surface area (Å²) in [7, 11) is -1.25. The number of nitrogens with zero attached hydrogens (tertiary/aromatic N) is 1. The zero-order valence-corrected chi connectivity index (χ0v) is 10.8. The van der Waals surface area contributed by atoms with Gasteiger partial charge >= 0.3 is 0 Å². The monoisotopic (exact) mass is 271 g/mol. The Kier molecular flexibility index (Phi) is 3.38. The lowest BCUT2D eigenvalue weighted by atomic mass is 10.1. The molecule has 1 saturated heterocycles. The second-order valence-electron chi connectivity index (χ2n) is 4.49. The molecule has 2 rings (SSSR count). The highest BCUT2D eigenvalue weighted by molar-refractivity contribution is 7.91. The topological polar surface area (TPSA) is 54.5 Å². The minimum atomic E-state index is -2.98. The number of rotatable bonds is 3. The van der Waals surface area contributed by atoms with Gasteiger partial charge in [0, 0.05) is 24.3 Å². The molecule has 1 fully saturated rings. The van der Waals surface area contributed by atoms with Crippen molar-refractivity contribution in [2.24, 2.45) is 0 Å². The Balaban J connectivity index is 2.29. The van der Waals surface area contributed by atoms with Gasteiger partial charge in [-0.1, -0.05) is 0 Å². The molecule has 1 atom stereocenters. The summed E-state index contributed by atoms with van der Waals surface area (Å²) in [5.41, 5.74) is 0.801. The summed E-state index contributed by atoms with van der Waals surface area (Å²) in [5, 5.41) is 0. The molecule has 18 heavy (non-hydrogen) atoms. The van der Waals surface area contributed by atoms with Crippen LogP contribution in [0.1, 0.15) is 16.8 Å². The lowest BCUT2D eigenvalue weighted by Gasteiger charge is -2.26. The largest absolute Gasteiger partial charge is 0.370 e. The predicted molar refractivity (Wildman–Crippen MR) is 67.2 cm³/mol. The maximum absolute atomic E-state index is 13.0. The van der Waals surface area contributed by atoms with Crippen LogP contribution in [0.25, 0.3) is 0 Å². The third-order valence-corrected chi connectivity index (χ3v) is 5.00. The summed E-state index contributed by atoms with van der Waals surface area (Å²) in [5.74, 6) is -0.230. The van der Waals surface area contributed by atoms with Crippen molar-refractivity contribution in [3.05, 3.63) is 29.6 Å². The predicted octanol–water partition coefficient (Wildman–Crippen LogP) is 1.26. The van der Waals surface area contributed by atoms with Crippen molar-refractivity contribution < 1.29 is 17.6 Å². The van der Waals surface area contributed by atoms with E-state index in [0.717, 1.165) is 6.07 Å². The molecule has 0 spiro atoms. The number of carbonyl (C=O) groups is 1. The summed E-state index contributed by atoms with van der Waals surface area (Å²) in [6.07, 6.45) is 1.12. The van der Waals surface area contributed by atoms with Gasteiger partial charge in [0.25, 0.3) is 0 Å². The molecule has 1 unspecified atom stereocenters. The zero-order valence-electron chi connectivity index (χ0n) is 9.97. The molecule has 98 valence electrons. The summed E-state index contributed by atoms with van der Waals surface area (Å²) in [4.78, 5) is 12.7. The molecule has 1 aliphatic heterocycles. The van der Waals surface area contributed by atoms with Gasteiger partial charge in [-0.2, -0.15) is 0 Å². The fourth-order valence-corrected chi connectivity index (χ4v) is 3.99. The Hall–Kier alpha value is -1.43. The van der Waals surface area contributed by atoms with Crippen LogP contribution < -0.4 is 4.90 Å². The SMILES string of the molecule is CN(c1ccc(F)cc1C=O)C1CCS(=O)(=O)C1. The molecular formula is C12H14FNO3S. The zero-order chi connectivity index (χ0) is 13.3. The van der Waals surface area contributed by atoms with Crippen molar-refractivity contribution in [3.8, 4) is 0 Å². The molecule has 0 N–H and O–H groups in total. The minimum absolute atomic E-state index is 0.0825. The first-order chi connectivity index (χ1) is 8.43. The Labute approximate surface area is 105 Å². The Bertz CT molecular complexity index is 571. The van der Waals surface area contributed by atoms with Crippen LogP contribution in [0.3, 0.4) is 0 Å². The van der Waals surface area contributed by atoms with Gasteiger partial charge in [0.1, 0.15) is 5.82 Å². The minimum Gasteiger partial charge on any atom is -0.370 e. The van der Waals surface area contributed by atoms with E-state index in [-0.39, 0.29) is 23.1 Å². The van der Waals surface area contributed by atoms with Gasteiger partial charge in [-0.05, 0) is 24.6 Å². The van der Waals surface area contributed by atoms with Crippen LogP contribution in [0.2, 0.25) is 0 Å². The molecule has 1 aromatic rings. The van der Waals surface area contributed by atoms with E-state index >= 15 is 0 Å². The molecule has 4 nitrogen and oxygen atoms in total. The van der Waals surface area contributed by atoms with E-state index in [1.54, 1.807) is 11.9 Å². The van der Waals surface area contributed by atoms with Crippen LogP contribution in [0, 0.1) is 5.82 Å². The van der Waals surface area contributed by atoms with E-state index in [9.17, 15) is 17.6 Å². The van der Waals surface area contributed by atoms with E-state index < -0.39 is 15.7 Å². The second-order valence-corrected chi connectivity index (χ2v) is 6.72. The van der Waals surface area contributed by atoms with Crippen LogP contribution in [-0.2, 0) is 9.84 Å². The molecule has 1 heterocycles. The second kappa shape index (κ2) is 4.68. The molecule has 6 heteroatoms. The third-order valence-electron chi connectivity index (χ3n) is 3.25. The van der Waals surface area contributed by atoms with Crippen molar-refractivity contribution in [1.29, 1.82) is 0 Å². The summed E-state index contributed by atoms with van der Waals surface area (Å²) >= 11 is 0. The van der Waals surface area contributed by atoms with Crippen molar-refractivity contribution in [1.82, 2.24) is 0 Å². The fourth-order valence-electron chi connectivity index (χ4n) is 2.22. The lowest BCUT2D eigenvalue weighted by Crippen LogP contribution is -2.33. The summed E-state index contributed by atoms with van der Waals surface area (Å²) < 4.78 is 35.9. The van der Waals surface area contributed by atoms with Crippen LogP contribution in [0.4, 0.5) is 10.1 Å². The van der Waals surface area contributed by atoms with E-state index in [0.29, 0.717) is 18.4 Å². The number of benzene rings is 1. The summed E-state index contributed by atoms with van der Waals surface area (Å²) in [6.45, 7) is 0. The smallest absolute Gasteiger partial charge is 0.152 e. The fraction of sp³-hybridized carbons (Fsp3) is 0.417. The highest BCUT2D eigenvalue weighted by atomic mass is 32.2. The van der Waals surface area contributed by atoms with Gasteiger partial charge in [0.05, 0.1) is 11.5 Å². The average molecular weight is 271 g/mol. The molecule has 0 bridgehead atoms. The number of anilines is 1. The Morgan fingerprint density at radius 1 is 1.44 bits per heavy atom. The van der Waals surface area contributed by atoms with Crippen molar-refractivity contribution in [3.63, 3.8) is 0 Å². The average Bonchev–Trinajstić information content (AvgIpc) is 2.68. The quantitative estimate of drug-likeness (QED) is 0.777. The molecule has 0 radical (unpaired) electrons. The maximum Gasteiger partial charge on any atom is 0.152 e. The normalized spacial score (nSPS) is 21.8. The first-order valence-electron chi connectivity index (χ1n) is 5.61.